The Kier molecular flexibility index (Phi) is 1.88. The lowest BCUT2D eigenvalue weighted by Crippen LogP contribution is -2.13. The zero-order valence-corrected chi connectivity index (χ0v) is 8.87. The molecule has 0 amide bonds. The highest BCUT2D eigenvalue weighted by Gasteiger charge is 2.54. The predicted octanol–water partition coefficient (Wildman–Crippen LogP) is 2.72. The summed E-state index contributed by atoms with van der Waals surface area (Å²) < 4.78 is 13.2. The van der Waals surface area contributed by atoms with Crippen LogP contribution in [0.2, 0.25) is 0 Å². The van der Waals surface area contributed by atoms with E-state index in [1.54, 1.807) is 0 Å². The lowest BCUT2D eigenvalue weighted by atomic mass is 9.87. The van der Waals surface area contributed by atoms with Crippen molar-refractivity contribution in [2.75, 3.05) is 0 Å². The van der Waals surface area contributed by atoms with Gasteiger partial charge in [-0.25, -0.2) is 4.39 Å². The molecule has 1 unspecified atom stereocenters. The van der Waals surface area contributed by atoms with Gasteiger partial charge in [0.15, 0.2) is 0 Å². The molecule has 3 rings (SSSR count). The fourth-order valence-corrected chi connectivity index (χ4v) is 3.07. The number of halogens is 1. The third-order valence-electron chi connectivity index (χ3n) is 4.04. The van der Waals surface area contributed by atoms with Crippen molar-refractivity contribution in [3.8, 4) is 0 Å². The summed E-state index contributed by atoms with van der Waals surface area (Å²) in [6, 6.07) is 4.81. The number of aliphatic carboxylic acids is 1. The van der Waals surface area contributed by atoms with Crippen LogP contribution in [0.4, 0.5) is 4.39 Å². The molecule has 0 saturated heterocycles. The third kappa shape index (κ3) is 1.34. The Morgan fingerprint density at radius 2 is 2.25 bits per heavy atom. The topological polar surface area (TPSA) is 37.3 Å². The fourth-order valence-electron chi connectivity index (χ4n) is 3.07. The van der Waals surface area contributed by atoms with Crippen LogP contribution in [0.15, 0.2) is 18.2 Å². The van der Waals surface area contributed by atoms with Crippen LogP contribution in [-0.2, 0) is 11.2 Å². The van der Waals surface area contributed by atoms with Gasteiger partial charge >= 0.3 is 5.97 Å². The second kappa shape index (κ2) is 3.06. The molecule has 84 valence electrons. The van der Waals surface area contributed by atoms with Gasteiger partial charge in [0.25, 0.3) is 0 Å². The summed E-state index contributed by atoms with van der Waals surface area (Å²) in [6.45, 7) is 0. The first kappa shape index (κ1) is 9.82. The molecule has 2 aliphatic carbocycles. The summed E-state index contributed by atoms with van der Waals surface area (Å²) in [5.41, 5.74) is 2.22. The first-order valence-electron chi connectivity index (χ1n) is 5.61. The van der Waals surface area contributed by atoms with Crippen molar-refractivity contribution < 1.29 is 14.3 Å². The highest BCUT2D eigenvalue weighted by atomic mass is 19.1. The van der Waals surface area contributed by atoms with Crippen molar-refractivity contribution in [1.29, 1.82) is 0 Å². The second-order valence-corrected chi connectivity index (χ2v) is 5.03. The average Bonchev–Trinajstić information content (AvgIpc) is 2.92. The summed E-state index contributed by atoms with van der Waals surface area (Å²) in [7, 11) is 0. The molecule has 2 nitrogen and oxygen atoms in total. The molecule has 0 heterocycles. The monoisotopic (exact) mass is 220 g/mol. The van der Waals surface area contributed by atoms with E-state index in [0.29, 0.717) is 0 Å². The van der Waals surface area contributed by atoms with Crippen molar-refractivity contribution in [1.82, 2.24) is 0 Å². The van der Waals surface area contributed by atoms with Gasteiger partial charge in [0.05, 0.1) is 6.42 Å². The summed E-state index contributed by atoms with van der Waals surface area (Å²) in [5.74, 6) is -1.02. The Morgan fingerprint density at radius 1 is 1.50 bits per heavy atom. The van der Waals surface area contributed by atoms with Crippen LogP contribution in [-0.4, -0.2) is 11.1 Å². The number of fused-ring (bicyclic) bond motifs is 1. The minimum Gasteiger partial charge on any atom is -0.481 e. The normalized spacial score (nSPS) is 24.4. The van der Waals surface area contributed by atoms with Crippen LogP contribution in [0.5, 0.6) is 0 Å². The van der Waals surface area contributed by atoms with Gasteiger partial charge in [0.2, 0.25) is 0 Å². The van der Waals surface area contributed by atoms with Gasteiger partial charge in [-0.3, -0.25) is 4.79 Å². The molecule has 0 aromatic heterocycles. The van der Waals surface area contributed by atoms with Gasteiger partial charge in [-0.15, -0.1) is 0 Å². The molecule has 1 aromatic rings. The first-order chi connectivity index (χ1) is 7.61. The first-order valence-corrected chi connectivity index (χ1v) is 5.61. The van der Waals surface area contributed by atoms with Crippen LogP contribution in [0, 0.1) is 11.2 Å². The molecule has 1 saturated carbocycles. The SMILES string of the molecule is O=C(O)CC1c2cc(F)ccc2CC12CC2. The standard InChI is InChI=1S/C13H13FO2/c14-9-2-1-8-7-13(3-4-13)11(6-12(15)16)10(8)5-9/h1-2,5,11H,3-4,6-7H2,(H,15,16). The van der Waals surface area contributed by atoms with Gasteiger partial charge in [-0.05, 0) is 47.9 Å². The Hall–Kier alpha value is -1.38. The van der Waals surface area contributed by atoms with Gasteiger partial charge < -0.3 is 5.11 Å². The number of carboxylic acids is 1. The van der Waals surface area contributed by atoms with Gasteiger partial charge in [-0.1, -0.05) is 6.07 Å². The van der Waals surface area contributed by atoms with E-state index >= 15 is 0 Å². The van der Waals surface area contributed by atoms with E-state index in [1.165, 1.54) is 12.1 Å². The summed E-state index contributed by atoms with van der Waals surface area (Å²) in [6.07, 6.45) is 3.24. The largest absolute Gasteiger partial charge is 0.481 e. The van der Waals surface area contributed by atoms with Gasteiger partial charge in [0.1, 0.15) is 5.82 Å². The van der Waals surface area contributed by atoms with E-state index in [-0.39, 0.29) is 23.6 Å². The molecule has 1 spiro atoms. The average molecular weight is 220 g/mol. The van der Waals surface area contributed by atoms with Crippen LogP contribution < -0.4 is 0 Å². The number of hydrogen-bond acceptors (Lipinski definition) is 1. The summed E-state index contributed by atoms with van der Waals surface area (Å²) >= 11 is 0. The predicted molar refractivity (Wildman–Crippen MR) is 56.8 cm³/mol. The zero-order valence-electron chi connectivity index (χ0n) is 8.87. The Bertz CT molecular complexity index is 463. The van der Waals surface area contributed by atoms with Crippen molar-refractivity contribution >= 4 is 5.97 Å². The molecule has 0 radical (unpaired) electrons. The van der Waals surface area contributed by atoms with Crippen molar-refractivity contribution in [3.05, 3.63) is 35.1 Å². The van der Waals surface area contributed by atoms with Crippen molar-refractivity contribution in [2.45, 2.75) is 31.6 Å². The number of rotatable bonds is 2. The van der Waals surface area contributed by atoms with E-state index in [0.717, 1.165) is 30.4 Å². The molecule has 16 heavy (non-hydrogen) atoms. The third-order valence-corrected chi connectivity index (χ3v) is 4.04. The highest BCUT2D eigenvalue weighted by molar-refractivity contribution is 5.69. The molecular formula is C13H13FO2. The van der Waals surface area contributed by atoms with Crippen molar-refractivity contribution in [2.24, 2.45) is 5.41 Å². The second-order valence-electron chi connectivity index (χ2n) is 5.03. The quantitative estimate of drug-likeness (QED) is 0.832. The lowest BCUT2D eigenvalue weighted by molar-refractivity contribution is -0.137. The molecule has 0 aliphatic heterocycles. The number of carbonyl (C=O) groups is 1. The number of carboxylic acid groups (broad SMARTS) is 1. The minimum absolute atomic E-state index is 0.0238. The smallest absolute Gasteiger partial charge is 0.303 e. The Labute approximate surface area is 93.1 Å². The Balaban J connectivity index is 2.02. The van der Waals surface area contributed by atoms with E-state index in [9.17, 15) is 9.18 Å². The van der Waals surface area contributed by atoms with E-state index < -0.39 is 5.97 Å². The summed E-state index contributed by atoms with van der Waals surface area (Å²) in [5, 5.41) is 8.94. The number of benzene rings is 1. The molecular weight excluding hydrogens is 207 g/mol. The molecule has 1 aromatic carbocycles. The van der Waals surface area contributed by atoms with Crippen molar-refractivity contribution in [3.63, 3.8) is 0 Å². The molecule has 1 N–H and O–H groups in total. The molecule has 0 bridgehead atoms. The van der Waals surface area contributed by atoms with Crippen LogP contribution in [0.1, 0.15) is 36.3 Å². The minimum atomic E-state index is -0.784. The van der Waals surface area contributed by atoms with Crippen LogP contribution in [0.3, 0.4) is 0 Å². The van der Waals surface area contributed by atoms with Gasteiger partial charge in [-0.2, -0.15) is 0 Å². The summed E-state index contributed by atoms with van der Waals surface area (Å²) in [4.78, 5) is 10.9. The molecule has 1 fully saturated rings. The maximum Gasteiger partial charge on any atom is 0.303 e. The number of hydrogen-bond donors (Lipinski definition) is 1. The highest BCUT2D eigenvalue weighted by Crippen LogP contribution is 2.64. The van der Waals surface area contributed by atoms with E-state index in [4.69, 9.17) is 5.11 Å². The maximum absolute atomic E-state index is 13.2. The van der Waals surface area contributed by atoms with Crippen LogP contribution in [0.25, 0.3) is 0 Å². The Morgan fingerprint density at radius 3 is 2.88 bits per heavy atom. The molecule has 2 aliphatic rings. The van der Waals surface area contributed by atoms with E-state index in [1.807, 2.05) is 6.07 Å². The molecule has 1 atom stereocenters. The lowest BCUT2D eigenvalue weighted by Gasteiger charge is -2.17. The zero-order chi connectivity index (χ0) is 11.3. The fraction of sp³-hybridized carbons (Fsp3) is 0.462. The maximum atomic E-state index is 13.2. The molecule has 3 heteroatoms. The van der Waals surface area contributed by atoms with Gasteiger partial charge in [0, 0.05) is 5.92 Å². The van der Waals surface area contributed by atoms with E-state index in [2.05, 4.69) is 0 Å². The van der Waals surface area contributed by atoms with Crippen LogP contribution >= 0.6 is 0 Å².